The molecule has 1 aliphatic rings. The minimum atomic E-state index is -0.352. The van der Waals surface area contributed by atoms with Crippen LogP contribution in [0.1, 0.15) is 11.1 Å². The van der Waals surface area contributed by atoms with E-state index in [1.165, 1.54) is 21.9 Å². The van der Waals surface area contributed by atoms with Crippen LogP contribution in [0.4, 0.5) is 10.8 Å². The van der Waals surface area contributed by atoms with Crippen LogP contribution < -0.4 is 15.2 Å². The number of hydrogen-bond donors (Lipinski definition) is 1. The molecule has 0 saturated carbocycles. The number of ether oxygens (including phenoxy) is 1. The number of thiazole rings is 1. The van der Waals surface area contributed by atoms with Crippen LogP contribution in [0.5, 0.6) is 11.5 Å². The Balaban J connectivity index is 1.25. The molecule has 4 aromatic carbocycles. The van der Waals surface area contributed by atoms with Gasteiger partial charge in [0.15, 0.2) is 5.71 Å². The first-order valence-corrected chi connectivity index (χ1v) is 13.2. The highest BCUT2D eigenvalue weighted by molar-refractivity contribution is 7.14. The number of carbonyl (C=O) groups is 1. The fraction of sp³-hybridized carbons (Fsp3) is 0.0323. The number of benzene rings is 4. The van der Waals surface area contributed by atoms with E-state index in [4.69, 9.17) is 9.72 Å². The van der Waals surface area contributed by atoms with Crippen molar-refractivity contribution in [3.63, 3.8) is 0 Å². The summed E-state index contributed by atoms with van der Waals surface area (Å²) in [6, 6.07) is 34.6. The molecule has 0 aliphatic carbocycles. The summed E-state index contributed by atoms with van der Waals surface area (Å²) in [5, 5.41) is 12.9. The van der Waals surface area contributed by atoms with Crippen LogP contribution in [0, 0.1) is 6.92 Å². The number of nitrogens with one attached hydrogen (secondary N) is 1. The molecule has 0 fully saturated rings. The summed E-state index contributed by atoms with van der Waals surface area (Å²) >= 11 is 1.36. The molecule has 0 unspecified atom stereocenters. The number of nitrogens with zero attached hydrogens (tertiary/aromatic N) is 4. The van der Waals surface area contributed by atoms with Crippen LogP contribution in [-0.2, 0) is 4.79 Å². The predicted octanol–water partition coefficient (Wildman–Crippen LogP) is 7.13. The van der Waals surface area contributed by atoms with E-state index in [2.05, 4.69) is 15.6 Å². The van der Waals surface area contributed by atoms with Gasteiger partial charge in [0.1, 0.15) is 17.2 Å². The van der Waals surface area contributed by atoms with Gasteiger partial charge in [-0.1, -0.05) is 78.4 Å². The number of aryl methyl sites for hydroxylation is 1. The van der Waals surface area contributed by atoms with Crippen molar-refractivity contribution in [2.75, 3.05) is 10.4 Å². The summed E-state index contributed by atoms with van der Waals surface area (Å²) in [6.45, 7) is 2.04. The van der Waals surface area contributed by atoms with Crippen molar-refractivity contribution >= 4 is 39.5 Å². The zero-order valence-corrected chi connectivity index (χ0v) is 21.8. The fourth-order valence-corrected chi connectivity index (χ4v) is 4.76. The number of anilines is 2. The zero-order chi connectivity index (χ0) is 26.6. The van der Waals surface area contributed by atoms with Crippen molar-refractivity contribution in [1.29, 1.82) is 0 Å². The van der Waals surface area contributed by atoms with Gasteiger partial charge in [0.25, 0.3) is 0 Å². The number of amides is 1. The number of aromatic nitrogens is 1. The van der Waals surface area contributed by atoms with Crippen molar-refractivity contribution in [2.24, 2.45) is 10.2 Å². The third kappa shape index (κ3) is 5.32. The lowest BCUT2D eigenvalue weighted by Crippen LogP contribution is -2.28. The van der Waals surface area contributed by atoms with Crippen molar-refractivity contribution in [1.82, 2.24) is 4.98 Å². The Bertz CT molecular complexity index is 1660. The van der Waals surface area contributed by atoms with Crippen LogP contribution in [-0.4, -0.2) is 22.3 Å². The van der Waals surface area contributed by atoms with Crippen molar-refractivity contribution in [3.8, 4) is 22.8 Å². The third-order valence-electron chi connectivity index (χ3n) is 6.02. The summed E-state index contributed by atoms with van der Waals surface area (Å²) in [7, 11) is 0. The second-order valence-corrected chi connectivity index (χ2v) is 9.66. The average Bonchev–Trinajstić information content (AvgIpc) is 3.59. The first-order chi connectivity index (χ1) is 19.1. The van der Waals surface area contributed by atoms with Gasteiger partial charge in [-0.25, -0.2) is 4.98 Å². The molecule has 5 aromatic rings. The van der Waals surface area contributed by atoms with Crippen LogP contribution in [0.25, 0.3) is 11.3 Å². The highest BCUT2D eigenvalue weighted by atomic mass is 32.1. The lowest BCUT2D eigenvalue weighted by Gasteiger charge is -2.08. The van der Waals surface area contributed by atoms with Gasteiger partial charge in [-0.15, -0.1) is 11.3 Å². The molecule has 6 rings (SSSR count). The average molecular weight is 530 g/mol. The minimum absolute atomic E-state index is 0.206. The smallest absolute Gasteiger partial charge is 0.303 e. The van der Waals surface area contributed by atoms with Gasteiger partial charge in [-0.3, -0.25) is 10.2 Å². The molecule has 190 valence electrons. The van der Waals surface area contributed by atoms with E-state index in [-0.39, 0.29) is 11.6 Å². The lowest BCUT2D eigenvalue weighted by atomic mass is 10.1. The maximum Gasteiger partial charge on any atom is 0.303 e. The normalized spacial score (nSPS) is 14.0. The van der Waals surface area contributed by atoms with E-state index in [0.717, 1.165) is 22.6 Å². The molecule has 39 heavy (non-hydrogen) atoms. The lowest BCUT2D eigenvalue weighted by molar-refractivity contribution is -0.112. The highest BCUT2D eigenvalue weighted by Gasteiger charge is 2.35. The molecule has 0 bridgehead atoms. The van der Waals surface area contributed by atoms with Gasteiger partial charge in [0, 0.05) is 16.5 Å². The molecule has 7 nitrogen and oxygen atoms in total. The molecule has 1 aromatic heterocycles. The number of hydrogen-bond acceptors (Lipinski definition) is 7. The van der Waals surface area contributed by atoms with Crippen molar-refractivity contribution in [3.05, 3.63) is 126 Å². The number of rotatable bonds is 7. The number of carbonyl (C=O) groups excluding carboxylic acids is 1. The van der Waals surface area contributed by atoms with Gasteiger partial charge in [-0.05, 0) is 43.3 Å². The molecule has 1 amide bonds. The Kier molecular flexibility index (Phi) is 6.67. The van der Waals surface area contributed by atoms with Crippen LogP contribution in [0.15, 0.2) is 125 Å². The molecule has 0 spiro atoms. The van der Waals surface area contributed by atoms with Gasteiger partial charge >= 0.3 is 5.91 Å². The van der Waals surface area contributed by atoms with Crippen LogP contribution in [0.2, 0.25) is 0 Å². The van der Waals surface area contributed by atoms with Crippen molar-refractivity contribution < 1.29 is 9.53 Å². The van der Waals surface area contributed by atoms with E-state index in [9.17, 15) is 4.79 Å². The summed E-state index contributed by atoms with van der Waals surface area (Å²) < 4.78 is 5.86. The molecule has 1 aliphatic heterocycles. The zero-order valence-electron chi connectivity index (χ0n) is 21.0. The number of hydrazone groups is 2. The van der Waals surface area contributed by atoms with Gasteiger partial charge in [0.2, 0.25) is 5.13 Å². The summed E-state index contributed by atoms with van der Waals surface area (Å²) in [6.07, 6.45) is 0. The first kappa shape index (κ1) is 24.3. The Morgan fingerprint density at radius 1 is 0.795 bits per heavy atom. The predicted molar refractivity (Wildman–Crippen MR) is 157 cm³/mol. The maximum absolute atomic E-state index is 13.5. The summed E-state index contributed by atoms with van der Waals surface area (Å²) in [4.78, 5) is 18.2. The topological polar surface area (TPSA) is 79.2 Å². The Labute approximate surface area is 229 Å². The van der Waals surface area contributed by atoms with Gasteiger partial charge < -0.3 is 4.74 Å². The SMILES string of the molecule is Cc1ccc(-c2csc(N3N=C(c4ccccc4)/C(=N/Nc4ccc(Oc5ccccc5)cc4)C3=O)n2)cc1. The van der Waals surface area contributed by atoms with Gasteiger partial charge in [0.05, 0.1) is 11.4 Å². The summed E-state index contributed by atoms with van der Waals surface area (Å²) in [5.41, 5.74) is 8.13. The Morgan fingerprint density at radius 3 is 2.18 bits per heavy atom. The maximum atomic E-state index is 13.5. The number of para-hydroxylation sites is 1. The van der Waals surface area contributed by atoms with E-state index >= 15 is 0 Å². The van der Waals surface area contributed by atoms with Gasteiger partial charge in [-0.2, -0.15) is 15.2 Å². The molecule has 0 saturated heterocycles. The molecule has 0 radical (unpaired) electrons. The molecule has 1 N–H and O–H groups in total. The first-order valence-electron chi connectivity index (χ1n) is 12.3. The van der Waals surface area contributed by atoms with E-state index in [1.54, 1.807) is 0 Å². The molecular weight excluding hydrogens is 506 g/mol. The second-order valence-electron chi connectivity index (χ2n) is 8.82. The van der Waals surface area contributed by atoms with Crippen molar-refractivity contribution in [2.45, 2.75) is 6.92 Å². The highest BCUT2D eigenvalue weighted by Crippen LogP contribution is 2.30. The molecule has 2 heterocycles. The summed E-state index contributed by atoms with van der Waals surface area (Å²) in [5.74, 6) is 1.10. The van der Waals surface area contributed by atoms with Crippen LogP contribution in [0.3, 0.4) is 0 Å². The Morgan fingerprint density at radius 2 is 1.46 bits per heavy atom. The molecule has 8 heteroatoms. The molecule has 0 atom stereocenters. The monoisotopic (exact) mass is 529 g/mol. The standard InChI is InChI=1S/C31H23N5O2S/c1-21-12-14-22(15-13-21)27-20-39-31(32-27)36-30(37)29(28(35-36)23-8-4-2-5-9-23)34-33-24-16-18-26(19-17-24)38-25-10-6-3-7-11-25/h2-20,33H,1H3/b34-29-. The molecular formula is C31H23N5O2S. The second kappa shape index (κ2) is 10.7. The minimum Gasteiger partial charge on any atom is -0.457 e. The largest absolute Gasteiger partial charge is 0.457 e. The fourth-order valence-electron chi connectivity index (χ4n) is 3.98. The Hall–Kier alpha value is -5.08. The third-order valence-corrected chi connectivity index (χ3v) is 6.83. The van der Waals surface area contributed by atoms with E-state index < -0.39 is 0 Å². The van der Waals surface area contributed by atoms with E-state index in [1.807, 2.05) is 121 Å². The quantitative estimate of drug-likeness (QED) is 0.228. The van der Waals surface area contributed by atoms with E-state index in [0.29, 0.717) is 22.3 Å². The van der Waals surface area contributed by atoms with Crippen LogP contribution >= 0.6 is 11.3 Å².